The van der Waals surface area contributed by atoms with E-state index < -0.39 is 5.38 Å². The molecule has 94 valence electrons. The first-order valence-electron chi connectivity index (χ1n) is 5.02. The lowest BCUT2D eigenvalue weighted by Crippen LogP contribution is -1.95. The fraction of sp³-hybridized carbons (Fsp3) is 0.0769. The van der Waals surface area contributed by atoms with Gasteiger partial charge in [0.2, 0.25) is 0 Å². The highest BCUT2D eigenvalue weighted by molar-refractivity contribution is 9.10. The zero-order valence-electron chi connectivity index (χ0n) is 8.93. The van der Waals surface area contributed by atoms with Crippen molar-refractivity contribution in [2.75, 3.05) is 0 Å². The van der Waals surface area contributed by atoms with Gasteiger partial charge in [0.15, 0.2) is 0 Å². The van der Waals surface area contributed by atoms with Crippen LogP contribution < -0.4 is 0 Å². The smallest absolute Gasteiger partial charge is 0.124 e. The summed E-state index contributed by atoms with van der Waals surface area (Å²) in [5, 5.41) is 0.470. The Balaban J connectivity index is 2.44. The molecule has 0 aliphatic heterocycles. The molecule has 1 unspecified atom stereocenters. The lowest BCUT2D eigenvalue weighted by molar-refractivity contribution is 0.625. The molecule has 1 atom stereocenters. The van der Waals surface area contributed by atoms with Crippen LogP contribution in [-0.4, -0.2) is 0 Å². The van der Waals surface area contributed by atoms with Crippen molar-refractivity contribution in [1.82, 2.24) is 0 Å². The summed E-state index contributed by atoms with van der Waals surface area (Å²) in [6, 6.07) is 9.56. The van der Waals surface area contributed by atoms with E-state index in [9.17, 15) is 4.39 Å². The van der Waals surface area contributed by atoms with E-state index in [1.807, 2.05) is 0 Å². The summed E-state index contributed by atoms with van der Waals surface area (Å²) < 4.78 is 14.0. The van der Waals surface area contributed by atoms with Crippen LogP contribution in [-0.2, 0) is 0 Å². The summed E-state index contributed by atoms with van der Waals surface area (Å²) in [7, 11) is 0. The number of hydrogen-bond donors (Lipinski definition) is 0. The number of alkyl halides is 1. The third-order valence-electron chi connectivity index (χ3n) is 2.41. The quantitative estimate of drug-likeness (QED) is 0.552. The van der Waals surface area contributed by atoms with Gasteiger partial charge in [-0.15, -0.1) is 11.6 Å². The molecule has 0 aliphatic carbocycles. The molecule has 0 amide bonds. The Morgan fingerprint density at radius 2 is 1.78 bits per heavy atom. The van der Waals surface area contributed by atoms with Crippen molar-refractivity contribution >= 4 is 50.7 Å². The maximum Gasteiger partial charge on any atom is 0.124 e. The molecular weight excluding hydrogens is 361 g/mol. The van der Waals surface area contributed by atoms with E-state index in [1.54, 1.807) is 24.3 Å². The van der Waals surface area contributed by atoms with Crippen LogP contribution >= 0.6 is 50.7 Å². The molecule has 18 heavy (non-hydrogen) atoms. The van der Waals surface area contributed by atoms with Gasteiger partial charge in [-0.1, -0.05) is 45.2 Å². The zero-order valence-corrected chi connectivity index (χ0v) is 12.8. The van der Waals surface area contributed by atoms with Gasteiger partial charge in [0.1, 0.15) is 5.82 Å². The first-order valence-corrected chi connectivity index (χ1v) is 7.01. The van der Waals surface area contributed by atoms with Crippen LogP contribution in [0.15, 0.2) is 40.9 Å². The molecule has 0 N–H and O–H groups in total. The van der Waals surface area contributed by atoms with Crippen molar-refractivity contribution in [3.8, 4) is 0 Å². The van der Waals surface area contributed by atoms with Crippen LogP contribution in [0.5, 0.6) is 0 Å². The Morgan fingerprint density at radius 3 is 2.39 bits per heavy atom. The number of benzene rings is 2. The Morgan fingerprint density at radius 1 is 1.06 bits per heavy atom. The first-order chi connectivity index (χ1) is 8.47. The second-order valence-electron chi connectivity index (χ2n) is 3.73. The lowest BCUT2D eigenvalue weighted by atomic mass is 10.0. The maximum absolute atomic E-state index is 13.3. The summed E-state index contributed by atoms with van der Waals surface area (Å²) in [4.78, 5) is 0. The van der Waals surface area contributed by atoms with E-state index in [1.165, 1.54) is 12.1 Å². The molecule has 0 aliphatic rings. The van der Waals surface area contributed by atoms with Gasteiger partial charge < -0.3 is 0 Å². The topological polar surface area (TPSA) is 0 Å². The second-order valence-corrected chi connectivity index (χ2v) is 5.93. The first kappa shape index (κ1) is 14.1. The van der Waals surface area contributed by atoms with Crippen molar-refractivity contribution in [3.63, 3.8) is 0 Å². The Kier molecular flexibility index (Phi) is 4.54. The van der Waals surface area contributed by atoms with Crippen molar-refractivity contribution in [1.29, 1.82) is 0 Å². The van der Waals surface area contributed by atoms with Gasteiger partial charge in [0.05, 0.1) is 5.38 Å². The summed E-state index contributed by atoms with van der Waals surface area (Å²) in [6.07, 6.45) is 0. The molecule has 2 rings (SSSR count). The van der Waals surface area contributed by atoms with E-state index in [0.29, 0.717) is 25.6 Å². The fourth-order valence-electron chi connectivity index (χ4n) is 1.61. The zero-order chi connectivity index (χ0) is 13.3. The predicted octanol–water partition coefficient (Wildman–Crippen LogP) is 6.22. The Hall–Kier alpha value is -0.280. The number of hydrogen-bond acceptors (Lipinski definition) is 0. The largest absolute Gasteiger partial charge is 0.207 e. The highest BCUT2D eigenvalue weighted by Crippen LogP contribution is 2.36. The van der Waals surface area contributed by atoms with E-state index in [4.69, 9.17) is 34.8 Å². The molecule has 0 saturated heterocycles. The molecule has 0 bridgehead atoms. The molecule has 0 radical (unpaired) electrons. The van der Waals surface area contributed by atoms with Crippen LogP contribution in [0.1, 0.15) is 16.5 Å². The fourth-order valence-corrected chi connectivity index (χ4v) is 2.98. The standard InChI is InChI=1S/C13H7BrCl3F/c14-8-3-7(4-10(18)5-8)13(17)11-2-1-9(15)6-12(11)16/h1-6,13H. The van der Waals surface area contributed by atoms with E-state index in [0.717, 1.165) is 0 Å². The molecule has 2 aromatic rings. The van der Waals surface area contributed by atoms with Crippen LogP contribution in [0.25, 0.3) is 0 Å². The molecule has 0 spiro atoms. The summed E-state index contributed by atoms with van der Waals surface area (Å²) in [6.45, 7) is 0. The Bertz CT molecular complexity index is 566. The molecular formula is C13H7BrCl3F. The molecule has 0 nitrogen and oxygen atoms in total. The molecule has 2 aromatic carbocycles. The molecule has 5 heteroatoms. The van der Waals surface area contributed by atoms with Gasteiger partial charge in [-0.05, 0) is 41.5 Å². The third kappa shape index (κ3) is 3.18. The number of rotatable bonds is 2. The third-order valence-corrected chi connectivity index (χ3v) is 3.92. The van der Waals surface area contributed by atoms with Gasteiger partial charge in [0.25, 0.3) is 0 Å². The van der Waals surface area contributed by atoms with Gasteiger partial charge >= 0.3 is 0 Å². The van der Waals surface area contributed by atoms with E-state index >= 15 is 0 Å². The minimum absolute atomic E-state index is 0.352. The van der Waals surface area contributed by atoms with E-state index in [-0.39, 0.29) is 5.82 Å². The summed E-state index contributed by atoms with van der Waals surface area (Å²) >= 11 is 21.5. The van der Waals surface area contributed by atoms with Crippen molar-refractivity contribution in [2.24, 2.45) is 0 Å². The monoisotopic (exact) mass is 366 g/mol. The van der Waals surface area contributed by atoms with E-state index in [2.05, 4.69) is 15.9 Å². The normalized spacial score (nSPS) is 12.5. The Labute approximate surface area is 128 Å². The second kappa shape index (κ2) is 5.79. The van der Waals surface area contributed by atoms with Crippen LogP contribution in [0.2, 0.25) is 10.0 Å². The van der Waals surface area contributed by atoms with Crippen molar-refractivity contribution < 1.29 is 4.39 Å². The predicted molar refractivity (Wildman–Crippen MR) is 78.3 cm³/mol. The average Bonchev–Trinajstić information content (AvgIpc) is 2.26. The molecule has 0 saturated carbocycles. The maximum atomic E-state index is 13.3. The van der Waals surface area contributed by atoms with Gasteiger partial charge in [-0.25, -0.2) is 4.39 Å². The average molecular weight is 368 g/mol. The van der Waals surface area contributed by atoms with Crippen molar-refractivity contribution in [2.45, 2.75) is 5.38 Å². The molecule has 0 aromatic heterocycles. The van der Waals surface area contributed by atoms with Gasteiger partial charge in [0, 0.05) is 14.5 Å². The minimum Gasteiger partial charge on any atom is -0.207 e. The lowest BCUT2D eigenvalue weighted by Gasteiger charge is -2.13. The highest BCUT2D eigenvalue weighted by Gasteiger charge is 2.15. The summed E-state index contributed by atoms with van der Waals surface area (Å²) in [5.41, 5.74) is 1.33. The highest BCUT2D eigenvalue weighted by atomic mass is 79.9. The molecule has 0 heterocycles. The van der Waals surface area contributed by atoms with Crippen LogP contribution in [0.4, 0.5) is 4.39 Å². The number of halogens is 5. The van der Waals surface area contributed by atoms with Crippen LogP contribution in [0, 0.1) is 5.82 Å². The SMILES string of the molecule is Fc1cc(Br)cc(C(Cl)c2ccc(Cl)cc2Cl)c1. The molecule has 0 fully saturated rings. The van der Waals surface area contributed by atoms with Gasteiger partial charge in [-0.3, -0.25) is 0 Å². The van der Waals surface area contributed by atoms with Gasteiger partial charge in [-0.2, -0.15) is 0 Å². The van der Waals surface area contributed by atoms with Crippen LogP contribution in [0.3, 0.4) is 0 Å². The minimum atomic E-state index is -0.526. The van der Waals surface area contributed by atoms with Crippen molar-refractivity contribution in [3.05, 3.63) is 67.9 Å². The summed E-state index contributed by atoms with van der Waals surface area (Å²) in [5.74, 6) is -0.352.